The molecule has 0 aromatic heterocycles. The second-order valence-electron chi connectivity index (χ2n) is 8.12. The van der Waals surface area contributed by atoms with Gasteiger partial charge in [0.25, 0.3) is 0 Å². The van der Waals surface area contributed by atoms with Crippen LogP contribution in [-0.2, 0) is 19.1 Å². The fourth-order valence-electron chi connectivity index (χ4n) is 2.87. The van der Waals surface area contributed by atoms with Gasteiger partial charge in [-0.05, 0) is 52.2 Å². The Hall–Kier alpha value is -2.08. The van der Waals surface area contributed by atoms with Crippen molar-refractivity contribution in [1.29, 1.82) is 0 Å². The molecule has 2 atom stereocenters. The predicted octanol–water partition coefficient (Wildman–Crippen LogP) is 4.87. The number of hydrogen-bond donors (Lipinski definition) is 0. The molecule has 1 aromatic carbocycles. The predicted molar refractivity (Wildman–Crippen MR) is 103 cm³/mol. The topological polar surface area (TPSA) is 68.4 Å². The number of para-hydroxylation sites is 1. The minimum absolute atomic E-state index is 0.189. The Morgan fingerprint density at radius 1 is 1.19 bits per heavy atom. The molecule has 27 heavy (non-hydrogen) atoms. The van der Waals surface area contributed by atoms with Gasteiger partial charge >= 0.3 is 12.1 Å². The van der Waals surface area contributed by atoms with Crippen LogP contribution in [0.1, 0.15) is 60.8 Å². The van der Waals surface area contributed by atoms with Gasteiger partial charge in [0.1, 0.15) is 5.60 Å². The molecule has 1 heterocycles. The number of anilines is 1. The zero-order valence-corrected chi connectivity index (χ0v) is 17.2. The van der Waals surface area contributed by atoms with Crippen LogP contribution in [0.3, 0.4) is 0 Å². The van der Waals surface area contributed by atoms with Crippen molar-refractivity contribution in [2.45, 2.75) is 78.1 Å². The first-order valence-corrected chi connectivity index (χ1v) is 9.59. The molecule has 0 radical (unpaired) electrons. The van der Waals surface area contributed by atoms with Crippen molar-refractivity contribution in [3.8, 4) is 0 Å². The Morgan fingerprint density at radius 3 is 2.30 bits per heavy atom. The summed E-state index contributed by atoms with van der Waals surface area (Å²) < 4.78 is 11.0. The van der Waals surface area contributed by atoms with Crippen molar-refractivity contribution in [2.75, 3.05) is 5.06 Å². The minimum atomic E-state index is -1.03. The van der Waals surface area contributed by atoms with E-state index in [1.807, 2.05) is 6.07 Å². The van der Waals surface area contributed by atoms with Gasteiger partial charge in [-0.3, -0.25) is 0 Å². The van der Waals surface area contributed by atoms with Gasteiger partial charge in [-0.25, -0.2) is 9.59 Å². The maximum absolute atomic E-state index is 12.8. The summed E-state index contributed by atoms with van der Waals surface area (Å²) in [5, 5.41) is 0.898. The lowest BCUT2D eigenvalue weighted by atomic mass is 9.93. The summed E-state index contributed by atoms with van der Waals surface area (Å²) in [6, 6.07) is 8.68. The van der Waals surface area contributed by atoms with Crippen molar-refractivity contribution in [2.24, 2.45) is 5.92 Å². The van der Waals surface area contributed by atoms with Gasteiger partial charge in [0.15, 0.2) is 5.60 Å². The van der Waals surface area contributed by atoms with Crippen LogP contribution in [-0.4, -0.2) is 29.4 Å². The van der Waals surface area contributed by atoms with E-state index in [4.69, 9.17) is 14.3 Å². The molecule has 0 N–H and O–H groups in total. The molecule has 6 nitrogen and oxygen atoms in total. The lowest BCUT2D eigenvalue weighted by Gasteiger charge is -2.26. The number of ether oxygens (including phenoxy) is 2. The Labute approximate surface area is 161 Å². The van der Waals surface area contributed by atoms with Gasteiger partial charge in [-0.1, -0.05) is 44.9 Å². The quantitative estimate of drug-likeness (QED) is 0.522. The SMILES string of the molecule is CCC(CC)C[C@@H]1O[C@]1(C)C(=O)ON(C(=O)OC(C)(C)C)c1ccccc1. The first kappa shape index (κ1) is 21.2. The van der Waals surface area contributed by atoms with Crippen molar-refractivity contribution in [3.05, 3.63) is 30.3 Å². The number of carbonyl (C=O) groups excluding carboxylic acids is 2. The molecular weight excluding hydrogens is 346 g/mol. The molecule has 0 spiro atoms. The van der Waals surface area contributed by atoms with Gasteiger partial charge < -0.3 is 14.3 Å². The molecule has 2 rings (SSSR count). The summed E-state index contributed by atoms with van der Waals surface area (Å²) in [4.78, 5) is 30.8. The maximum atomic E-state index is 12.8. The number of hydrogen-bond acceptors (Lipinski definition) is 5. The Kier molecular flexibility index (Phi) is 6.52. The largest absolute Gasteiger partial charge is 0.448 e. The molecule has 0 saturated carbocycles. The smallest absolute Gasteiger partial charge is 0.441 e. The first-order chi connectivity index (χ1) is 12.6. The molecule has 1 aromatic rings. The van der Waals surface area contributed by atoms with E-state index < -0.39 is 23.3 Å². The third-order valence-electron chi connectivity index (χ3n) is 4.78. The summed E-state index contributed by atoms with van der Waals surface area (Å²) in [5.74, 6) is -0.0890. The monoisotopic (exact) mass is 377 g/mol. The normalized spacial score (nSPS) is 21.7. The molecule has 6 heteroatoms. The van der Waals surface area contributed by atoms with Crippen LogP contribution >= 0.6 is 0 Å². The molecule has 0 bridgehead atoms. The third kappa shape index (κ3) is 5.45. The number of rotatable bonds is 6. The van der Waals surface area contributed by atoms with E-state index in [1.165, 1.54) is 0 Å². The van der Waals surface area contributed by atoms with Crippen molar-refractivity contribution >= 4 is 17.7 Å². The van der Waals surface area contributed by atoms with Crippen molar-refractivity contribution < 1.29 is 23.9 Å². The highest BCUT2D eigenvalue weighted by Crippen LogP contribution is 2.42. The average molecular weight is 377 g/mol. The van der Waals surface area contributed by atoms with E-state index in [2.05, 4.69) is 13.8 Å². The fraction of sp³-hybridized carbons (Fsp3) is 0.619. The summed E-state index contributed by atoms with van der Waals surface area (Å²) >= 11 is 0. The zero-order chi connectivity index (χ0) is 20.2. The molecule has 0 aliphatic carbocycles. The van der Waals surface area contributed by atoms with Crippen molar-refractivity contribution in [1.82, 2.24) is 0 Å². The standard InChI is InChI=1S/C21H31NO5/c1-7-15(8-2)14-17-21(6,25-17)18(23)27-22(16-12-10-9-11-13-16)19(24)26-20(3,4)5/h9-13,15,17H,7-8,14H2,1-6H3/t17-,21-/m0/s1. The molecule has 1 aliphatic heterocycles. The molecule has 1 aliphatic rings. The highest BCUT2D eigenvalue weighted by Gasteiger charge is 2.61. The van der Waals surface area contributed by atoms with E-state index in [9.17, 15) is 9.59 Å². The van der Waals surface area contributed by atoms with Crippen LogP contribution in [0.15, 0.2) is 30.3 Å². The summed E-state index contributed by atoms with van der Waals surface area (Å²) in [6.07, 6.45) is 1.94. The number of epoxide rings is 1. The van der Waals surface area contributed by atoms with Crippen LogP contribution in [0.25, 0.3) is 0 Å². The minimum Gasteiger partial charge on any atom is -0.441 e. The third-order valence-corrected chi connectivity index (χ3v) is 4.78. The zero-order valence-electron chi connectivity index (χ0n) is 17.2. The molecule has 1 fully saturated rings. The number of benzene rings is 1. The molecular formula is C21H31NO5. The van der Waals surface area contributed by atoms with E-state index in [0.717, 1.165) is 24.3 Å². The first-order valence-electron chi connectivity index (χ1n) is 9.59. The fourth-order valence-corrected chi connectivity index (χ4v) is 2.87. The molecule has 1 saturated heterocycles. The highest BCUT2D eigenvalue weighted by atomic mass is 16.8. The van der Waals surface area contributed by atoms with Gasteiger partial charge in [-0.15, -0.1) is 5.06 Å². The van der Waals surface area contributed by atoms with Crippen LogP contribution in [0.2, 0.25) is 0 Å². The van der Waals surface area contributed by atoms with E-state index in [-0.39, 0.29) is 6.10 Å². The number of carbonyl (C=O) groups is 2. The number of hydroxylamine groups is 1. The van der Waals surface area contributed by atoms with Gasteiger partial charge in [0, 0.05) is 0 Å². The van der Waals surface area contributed by atoms with Gasteiger partial charge in [0.2, 0.25) is 0 Å². The number of nitrogens with zero attached hydrogens (tertiary/aromatic N) is 1. The maximum Gasteiger partial charge on any atom is 0.448 e. The molecule has 1 amide bonds. The average Bonchev–Trinajstić information content (AvgIpc) is 3.27. The lowest BCUT2D eigenvalue weighted by molar-refractivity contribution is -0.150. The Balaban J connectivity index is 2.11. The van der Waals surface area contributed by atoms with E-state index >= 15 is 0 Å². The van der Waals surface area contributed by atoms with E-state index in [0.29, 0.717) is 11.6 Å². The second-order valence-corrected chi connectivity index (χ2v) is 8.12. The second kappa shape index (κ2) is 8.30. The van der Waals surface area contributed by atoms with Crippen molar-refractivity contribution in [3.63, 3.8) is 0 Å². The molecule has 0 unspecified atom stereocenters. The highest BCUT2D eigenvalue weighted by molar-refractivity contribution is 5.91. The van der Waals surface area contributed by atoms with Gasteiger partial charge in [0.05, 0.1) is 11.8 Å². The van der Waals surface area contributed by atoms with Crippen LogP contribution < -0.4 is 5.06 Å². The Morgan fingerprint density at radius 2 is 1.78 bits per heavy atom. The molecule has 150 valence electrons. The Bertz CT molecular complexity index is 650. The summed E-state index contributed by atoms with van der Waals surface area (Å²) in [5.41, 5.74) is -1.33. The van der Waals surface area contributed by atoms with Crippen LogP contribution in [0.4, 0.5) is 10.5 Å². The van der Waals surface area contributed by atoms with Crippen LogP contribution in [0, 0.1) is 5.92 Å². The summed E-state index contributed by atoms with van der Waals surface area (Å²) in [6.45, 7) is 11.2. The van der Waals surface area contributed by atoms with Gasteiger partial charge in [-0.2, -0.15) is 0 Å². The summed E-state index contributed by atoms with van der Waals surface area (Å²) in [7, 11) is 0. The van der Waals surface area contributed by atoms with Crippen LogP contribution in [0.5, 0.6) is 0 Å². The van der Waals surface area contributed by atoms with E-state index in [1.54, 1.807) is 52.0 Å². The number of amides is 1. The lowest BCUT2D eigenvalue weighted by Crippen LogP contribution is -2.41.